The maximum absolute atomic E-state index is 13.5. The molecule has 1 unspecified atom stereocenters. The number of nitrogens with zero attached hydrogens (tertiary/aromatic N) is 2. The van der Waals surface area contributed by atoms with E-state index in [0.29, 0.717) is 31.1 Å². The van der Waals surface area contributed by atoms with Gasteiger partial charge in [-0.05, 0) is 82.4 Å². The largest absolute Gasteiger partial charge is 0.381 e. The molecule has 3 aliphatic heterocycles. The average Bonchev–Trinajstić information content (AvgIpc) is 3.29. The zero-order chi connectivity index (χ0) is 20.3. The zero-order valence-corrected chi connectivity index (χ0v) is 18.4. The molecule has 160 valence electrons. The number of carbonyl (C=O) groups is 1. The monoisotopic (exact) mass is 398 g/mol. The molecule has 1 amide bonds. The molecule has 0 aromatic heterocycles. The molecular formula is C25H38N2O2. The van der Waals surface area contributed by atoms with Crippen molar-refractivity contribution in [3.63, 3.8) is 0 Å². The summed E-state index contributed by atoms with van der Waals surface area (Å²) in [4.78, 5) is 18.2. The topological polar surface area (TPSA) is 32.8 Å². The summed E-state index contributed by atoms with van der Waals surface area (Å²) in [5.74, 6) is 0.998. The Kier molecular flexibility index (Phi) is 6.60. The van der Waals surface area contributed by atoms with E-state index in [9.17, 15) is 4.79 Å². The first kappa shape index (κ1) is 20.9. The maximum Gasteiger partial charge on any atom is 0.229 e. The van der Waals surface area contributed by atoms with Crippen LogP contribution in [0, 0.1) is 5.41 Å². The van der Waals surface area contributed by atoms with Crippen molar-refractivity contribution in [1.29, 1.82) is 0 Å². The minimum atomic E-state index is -0.266. The van der Waals surface area contributed by atoms with Crippen LogP contribution in [0.1, 0.15) is 69.4 Å². The van der Waals surface area contributed by atoms with Crippen molar-refractivity contribution in [1.82, 2.24) is 9.80 Å². The first-order valence-corrected chi connectivity index (χ1v) is 11.8. The van der Waals surface area contributed by atoms with Crippen LogP contribution in [-0.4, -0.2) is 61.1 Å². The van der Waals surface area contributed by atoms with Gasteiger partial charge in [0.25, 0.3) is 0 Å². The quantitative estimate of drug-likeness (QED) is 0.744. The van der Waals surface area contributed by atoms with E-state index in [1.165, 1.54) is 30.5 Å². The molecule has 3 heterocycles. The lowest BCUT2D eigenvalue weighted by Gasteiger charge is -2.39. The lowest BCUT2D eigenvalue weighted by atomic mass is 9.73. The summed E-state index contributed by atoms with van der Waals surface area (Å²) in [6.45, 7) is 10.3. The van der Waals surface area contributed by atoms with Gasteiger partial charge in [0.05, 0.1) is 5.41 Å². The number of ether oxygens (including phenoxy) is 1. The second-order valence-corrected chi connectivity index (χ2v) is 9.74. The molecule has 4 rings (SSSR count). The average molecular weight is 399 g/mol. The zero-order valence-electron chi connectivity index (χ0n) is 18.4. The third kappa shape index (κ3) is 4.69. The Morgan fingerprint density at radius 2 is 1.90 bits per heavy atom. The molecule has 3 aliphatic rings. The molecule has 0 N–H and O–H groups in total. The molecule has 0 radical (unpaired) electrons. The van der Waals surface area contributed by atoms with Crippen LogP contribution < -0.4 is 0 Å². The van der Waals surface area contributed by atoms with E-state index in [0.717, 1.165) is 51.7 Å². The molecule has 0 bridgehead atoms. The second-order valence-electron chi connectivity index (χ2n) is 9.74. The number of piperidine rings is 1. The second kappa shape index (κ2) is 9.18. The van der Waals surface area contributed by atoms with Gasteiger partial charge in [0, 0.05) is 38.9 Å². The fraction of sp³-hybridized carbons (Fsp3) is 0.720. The van der Waals surface area contributed by atoms with Crippen molar-refractivity contribution in [3.8, 4) is 0 Å². The van der Waals surface area contributed by atoms with Gasteiger partial charge < -0.3 is 14.5 Å². The Bertz CT molecular complexity index is 690. The fourth-order valence-corrected chi connectivity index (χ4v) is 5.58. The van der Waals surface area contributed by atoms with Crippen molar-refractivity contribution >= 4 is 5.91 Å². The molecular weight excluding hydrogens is 360 g/mol. The van der Waals surface area contributed by atoms with Crippen LogP contribution in [0.4, 0.5) is 0 Å². The number of benzene rings is 1. The lowest BCUT2D eigenvalue weighted by molar-refractivity contribution is -0.146. The standard InChI is InChI=1S/C25H38N2O2/c1-20(2)27-14-6-9-23(19-27)22-8-5-7-21(17-22)18-25(10-15-29-16-11-25)24(28)26-12-3-4-13-26/h5,7-8,17,20,23H,3-4,6,9-16,18-19H2,1-2H3. The van der Waals surface area contributed by atoms with Gasteiger partial charge in [-0.25, -0.2) is 0 Å². The number of hydrogen-bond donors (Lipinski definition) is 0. The summed E-state index contributed by atoms with van der Waals surface area (Å²) >= 11 is 0. The number of rotatable bonds is 5. The molecule has 29 heavy (non-hydrogen) atoms. The van der Waals surface area contributed by atoms with E-state index in [1.807, 2.05) is 0 Å². The summed E-state index contributed by atoms with van der Waals surface area (Å²) in [6, 6.07) is 9.78. The van der Waals surface area contributed by atoms with E-state index < -0.39 is 0 Å². The first-order valence-electron chi connectivity index (χ1n) is 11.8. The van der Waals surface area contributed by atoms with Gasteiger partial charge in [-0.2, -0.15) is 0 Å². The first-order chi connectivity index (χ1) is 14.1. The highest BCUT2D eigenvalue weighted by molar-refractivity contribution is 5.83. The molecule has 0 saturated carbocycles. The smallest absolute Gasteiger partial charge is 0.229 e. The predicted octanol–water partition coefficient (Wildman–Crippen LogP) is 4.24. The lowest BCUT2D eigenvalue weighted by Crippen LogP contribution is -2.47. The number of carbonyl (C=O) groups excluding carboxylic acids is 1. The Morgan fingerprint density at radius 3 is 2.62 bits per heavy atom. The van der Waals surface area contributed by atoms with E-state index in [4.69, 9.17) is 4.74 Å². The molecule has 1 aromatic carbocycles. The van der Waals surface area contributed by atoms with Crippen molar-refractivity contribution in [2.24, 2.45) is 5.41 Å². The summed E-state index contributed by atoms with van der Waals surface area (Å²) in [6.07, 6.45) is 7.44. The van der Waals surface area contributed by atoms with Gasteiger partial charge in [-0.3, -0.25) is 4.79 Å². The minimum absolute atomic E-state index is 0.266. The van der Waals surface area contributed by atoms with E-state index in [2.05, 4.69) is 47.9 Å². The molecule has 1 aromatic rings. The maximum atomic E-state index is 13.5. The van der Waals surface area contributed by atoms with Crippen molar-refractivity contribution in [3.05, 3.63) is 35.4 Å². The Morgan fingerprint density at radius 1 is 1.14 bits per heavy atom. The van der Waals surface area contributed by atoms with Gasteiger partial charge in [0.15, 0.2) is 0 Å². The van der Waals surface area contributed by atoms with Gasteiger partial charge in [-0.15, -0.1) is 0 Å². The molecule has 1 atom stereocenters. The van der Waals surface area contributed by atoms with E-state index in [1.54, 1.807) is 0 Å². The van der Waals surface area contributed by atoms with Gasteiger partial charge in [0.2, 0.25) is 5.91 Å². The fourth-order valence-electron chi connectivity index (χ4n) is 5.58. The Hall–Kier alpha value is -1.39. The van der Waals surface area contributed by atoms with Gasteiger partial charge >= 0.3 is 0 Å². The minimum Gasteiger partial charge on any atom is -0.381 e. The van der Waals surface area contributed by atoms with Crippen molar-refractivity contribution in [2.45, 2.75) is 70.8 Å². The molecule has 4 nitrogen and oxygen atoms in total. The third-order valence-electron chi connectivity index (χ3n) is 7.44. The van der Waals surface area contributed by atoms with Crippen LogP contribution in [0.2, 0.25) is 0 Å². The summed E-state index contributed by atoms with van der Waals surface area (Å²) in [5.41, 5.74) is 2.53. The Balaban J connectivity index is 1.52. The van der Waals surface area contributed by atoms with E-state index in [-0.39, 0.29) is 5.41 Å². The Labute approximate surface area is 176 Å². The van der Waals surface area contributed by atoms with Crippen molar-refractivity contribution in [2.75, 3.05) is 39.4 Å². The van der Waals surface area contributed by atoms with Crippen LogP contribution in [0.15, 0.2) is 24.3 Å². The summed E-state index contributed by atoms with van der Waals surface area (Å²) < 4.78 is 5.65. The van der Waals surface area contributed by atoms with Crippen LogP contribution in [0.25, 0.3) is 0 Å². The predicted molar refractivity (Wildman–Crippen MR) is 117 cm³/mol. The van der Waals surface area contributed by atoms with Crippen LogP contribution in [-0.2, 0) is 16.0 Å². The normalized spacial score (nSPS) is 25.5. The number of likely N-dealkylation sites (tertiary alicyclic amines) is 2. The van der Waals surface area contributed by atoms with E-state index >= 15 is 0 Å². The molecule has 3 fully saturated rings. The summed E-state index contributed by atoms with van der Waals surface area (Å²) in [5, 5.41) is 0. The van der Waals surface area contributed by atoms with Crippen molar-refractivity contribution < 1.29 is 9.53 Å². The van der Waals surface area contributed by atoms with Crippen LogP contribution in [0.5, 0.6) is 0 Å². The van der Waals surface area contributed by atoms with Crippen LogP contribution in [0.3, 0.4) is 0 Å². The number of amides is 1. The molecule has 3 saturated heterocycles. The highest BCUT2D eigenvalue weighted by atomic mass is 16.5. The molecule has 0 spiro atoms. The number of hydrogen-bond acceptors (Lipinski definition) is 3. The molecule has 4 heteroatoms. The van der Waals surface area contributed by atoms with Crippen LogP contribution >= 0.6 is 0 Å². The SMILES string of the molecule is CC(C)N1CCCC(c2cccc(CC3(C(=O)N4CCCC4)CCOCC3)c2)C1. The van der Waals surface area contributed by atoms with Gasteiger partial charge in [-0.1, -0.05) is 24.3 Å². The van der Waals surface area contributed by atoms with Gasteiger partial charge in [0.1, 0.15) is 0 Å². The highest BCUT2D eigenvalue weighted by Crippen LogP contribution is 2.38. The third-order valence-corrected chi connectivity index (χ3v) is 7.44. The molecule has 0 aliphatic carbocycles. The highest BCUT2D eigenvalue weighted by Gasteiger charge is 2.43. The summed E-state index contributed by atoms with van der Waals surface area (Å²) in [7, 11) is 0.